The Kier molecular flexibility index (Phi) is 18.9. The molecule has 0 saturated carbocycles. The lowest BCUT2D eigenvalue weighted by Gasteiger charge is -2.29. The molecular formula is C132H84N4O2. The third-order valence-corrected chi connectivity index (χ3v) is 28.3. The summed E-state index contributed by atoms with van der Waals surface area (Å²) in [5.74, 6) is 0. The minimum absolute atomic E-state index is 0.830. The Labute approximate surface area is 797 Å². The maximum atomic E-state index is 7.03. The topological polar surface area (TPSA) is 42.6 Å². The molecule has 138 heavy (non-hydrogen) atoms. The molecule has 0 aliphatic carbocycles. The van der Waals surface area contributed by atoms with Crippen molar-refractivity contribution in [3.05, 3.63) is 510 Å². The molecule has 0 saturated heterocycles. The van der Waals surface area contributed by atoms with Crippen molar-refractivity contribution in [2.75, 3.05) is 9.80 Å². The second-order valence-corrected chi connectivity index (χ2v) is 36.1. The molecule has 4 heterocycles. The van der Waals surface area contributed by atoms with Crippen LogP contribution in [0.25, 0.3) is 231 Å². The Morgan fingerprint density at radius 2 is 0.493 bits per heavy atom. The van der Waals surface area contributed by atoms with E-state index in [1.54, 1.807) is 0 Å². The van der Waals surface area contributed by atoms with E-state index in [2.05, 4.69) is 522 Å². The molecule has 0 amide bonds. The average Bonchev–Trinajstić information content (AvgIpc) is 1.65. The van der Waals surface area contributed by atoms with Crippen molar-refractivity contribution in [3.8, 4) is 112 Å². The van der Waals surface area contributed by atoms with Crippen LogP contribution in [0.5, 0.6) is 0 Å². The summed E-state index contributed by atoms with van der Waals surface area (Å²) in [6.07, 6.45) is 0. The van der Waals surface area contributed by atoms with Crippen LogP contribution < -0.4 is 9.80 Å². The zero-order chi connectivity index (χ0) is 90.8. The Balaban J connectivity index is 0.505. The van der Waals surface area contributed by atoms with E-state index in [0.717, 1.165) is 195 Å². The van der Waals surface area contributed by atoms with Gasteiger partial charge in [0.25, 0.3) is 0 Å². The average molecular weight is 1760 g/mol. The van der Waals surface area contributed by atoms with Gasteiger partial charge in [0.05, 0.1) is 27.8 Å². The molecule has 0 aliphatic heterocycles. The monoisotopic (exact) mass is 1760 g/mol. The van der Waals surface area contributed by atoms with Crippen molar-refractivity contribution in [2.24, 2.45) is 0 Å². The van der Waals surface area contributed by atoms with Crippen LogP contribution >= 0.6 is 0 Å². The fraction of sp³-hybridized carbons (Fsp3) is 0. The SMILES string of the molecule is c1cc(-c2ccc(N(c3ccc(-c4ccc5c(-c6ccc7c(c6)oc6cccc(-c8cccc(N(c9ccc(-c%10cccc(-c%11cccc(-n%12c%13ccccc%13c%13ccccc%13%12)c%11)c%10)cc9)c9ccccc9-c9cc%10ccccc%10c%10ccccc9%10)c8)c67)cccc5c4)cc3)c3cccc(-c4cccc5oc6ccccc6c45)c3)cc2)cc(-c2cccc(-n3c4ccccc4c4ccccc43)c2)c1. The predicted molar refractivity (Wildman–Crippen MR) is 580 cm³/mol. The fourth-order valence-electron chi connectivity index (χ4n) is 21.9. The summed E-state index contributed by atoms with van der Waals surface area (Å²) >= 11 is 0. The first-order valence-electron chi connectivity index (χ1n) is 47.3. The summed E-state index contributed by atoms with van der Waals surface area (Å²) in [7, 11) is 0. The van der Waals surface area contributed by atoms with Gasteiger partial charge in [0.1, 0.15) is 22.3 Å². The fourth-order valence-corrected chi connectivity index (χ4v) is 21.9. The molecule has 0 spiro atoms. The molecule has 0 atom stereocenters. The number of para-hydroxylation sites is 6. The summed E-state index contributed by atoms with van der Waals surface area (Å²) in [5.41, 5.74) is 37.0. The van der Waals surface area contributed by atoms with Gasteiger partial charge in [-0.15, -0.1) is 0 Å². The maximum Gasteiger partial charge on any atom is 0.136 e. The third-order valence-electron chi connectivity index (χ3n) is 28.3. The van der Waals surface area contributed by atoms with Crippen molar-refractivity contribution in [1.29, 1.82) is 0 Å². The van der Waals surface area contributed by atoms with Crippen LogP contribution in [0.1, 0.15) is 0 Å². The predicted octanol–water partition coefficient (Wildman–Crippen LogP) is 37.1. The van der Waals surface area contributed by atoms with Crippen molar-refractivity contribution in [1.82, 2.24) is 9.13 Å². The number of rotatable bonds is 17. The Morgan fingerprint density at radius 3 is 1.05 bits per heavy atom. The van der Waals surface area contributed by atoms with Gasteiger partial charge in [-0.05, 0) is 297 Å². The normalized spacial score (nSPS) is 11.8. The van der Waals surface area contributed by atoms with Gasteiger partial charge < -0.3 is 27.8 Å². The van der Waals surface area contributed by atoms with Crippen LogP contribution in [-0.2, 0) is 0 Å². The standard InChI is InChI=1S/C132H84N4O2/c1-2-40-108-98(26-1)83-121(113-42-4-3-41-112(108)113)118-47-9-11-52-122(118)134(102-72-64-86(65-73-102)89-28-18-30-91(77-89)93-32-20-39-106(80-93)136-125-55-14-7-45-116(125)117-46-8-15-56-126(117)136)104-37-22-34-97(82-104)111-51-25-59-129-132(111)120-75-67-99(84-130(120)138-129)107-49-23-35-95-78-94(66-74-109(95)107)87-62-70-101(71-63-87)133(103-36-21-33-96(81-103)110-50-24-58-128-131(110)119-48-10-16-57-127(119)137-128)100-68-60-85(61-69-100)88-27-17-29-90(76-88)92-31-19-38-105(79-92)135-123-53-12-5-43-114(123)115-44-6-13-54-124(115)135/h1-84H. The molecule has 644 valence electrons. The number of nitrogens with zero attached hydrogens (tertiary/aromatic N) is 4. The lowest BCUT2D eigenvalue weighted by Crippen LogP contribution is -2.11. The summed E-state index contributed by atoms with van der Waals surface area (Å²) in [4.78, 5) is 4.83. The third kappa shape index (κ3) is 13.6. The van der Waals surface area contributed by atoms with E-state index in [0.29, 0.717) is 0 Å². The molecule has 4 aromatic heterocycles. The van der Waals surface area contributed by atoms with Gasteiger partial charge in [-0.25, -0.2) is 0 Å². The molecule has 23 aromatic carbocycles. The molecule has 0 unspecified atom stereocenters. The molecule has 6 nitrogen and oxygen atoms in total. The maximum absolute atomic E-state index is 7.03. The quantitative estimate of drug-likeness (QED) is 0.0852. The first-order valence-corrected chi connectivity index (χ1v) is 47.3. The van der Waals surface area contributed by atoms with Crippen molar-refractivity contribution >= 4 is 154 Å². The van der Waals surface area contributed by atoms with Crippen molar-refractivity contribution < 1.29 is 8.83 Å². The molecule has 0 aliphatic rings. The number of furan rings is 2. The van der Waals surface area contributed by atoms with E-state index in [1.165, 1.54) is 70.7 Å². The zero-order valence-corrected chi connectivity index (χ0v) is 75.1. The molecule has 0 fully saturated rings. The van der Waals surface area contributed by atoms with Gasteiger partial charge >= 0.3 is 0 Å². The molecule has 0 N–H and O–H groups in total. The van der Waals surface area contributed by atoms with Gasteiger partial charge in [0, 0.05) is 88.5 Å². The van der Waals surface area contributed by atoms with Crippen LogP contribution in [0.2, 0.25) is 0 Å². The van der Waals surface area contributed by atoms with Crippen molar-refractivity contribution in [3.63, 3.8) is 0 Å². The number of fused-ring (bicyclic) bond motifs is 16. The molecule has 27 rings (SSSR count). The van der Waals surface area contributed by atoms with Gasteiger partial charge in [-0.2, -0.15) is 0 Å². The number of benzene rings is 23. The van der Waals surface area contributed by atoms with Crippen molar-refractivity contribution in [2.45, 2.75) is 0 Å². The minimum Gasteiger partial charge on any atom is -0.456 e. The number of hydrogen-bond donors (Lipinski definition) is 0. The van der Waals surface area contributed by atoms with Gasteiger partial charge in [0.15, 0.2) is 0 Å². The molecule has 0 radical (unpaired) electrons. The number of aromatic nitrogens is 2. The molecule has 6 heteroatoms. The highest BCUT2D eigenvalue weighted by molar-refractivity contribution is 6.18. The smallest absolute Gasteiger partial charge is 0.136 e. The first kappa shape index (κ1) is 79.4. The summed E-state index contributed by atoms with van der Waals surface area (Å²) < 4.78 is 18.3. The van der Waals surface area contributed by atoms with Crippen LogP contribution in [0.15, 0.2) is 518 Å². The van der Waals surface area contributed by atoms with E-state index in [1.807, 2.05) is 6.07 Å². The Hall–Kier alpha value is -18.4. The lowest BCUT2D eigenvalue weighted by atomic mass is 9.92. The summed E-state index contributed by atoms with van der Waals surface area (Å²) in [6, 6.07) is 186. The Bertz CT molecular complexity index is 9450. The highest BCUT2D eigenvalue weighted by Gasteiger charge is 2.26. The highest BCUT2D eigenvalue weighted by atomic mass is 16.3. The molecule has 27 aromatic rings. The van der Waals surface area contributed by atoms with E-state index in [-0.39, 0.29) is 0 Å². The van der Waals surface area contributed by atoms with Crippen LogP contribution in [-0.4, -0.2) is 9.13 Å². The van der Waals surface area contributed by atoms with Crippen LogP contribution in [0.3, 0.4) is 0 Å². The van der Waals surface area contributed by atoms with E-state index < -0.39 is 0 Å². The Morgan fingerprint density at radius 1 is 0.152 bits per heavy atom. The summed E-state index contributed by atoms with van der Waals surface area (Å²) in [5, 5.41) is 16.5. The summed E-state index contributed by atoms with van der Waals surface area (Å²) in [6.45, 7) is 0. The highest BCUT2D eigenvalue weighted by Crippen LogP contribution is 2.50. The largest absolute Gasteiger partial charge is 0.456 e. The number of anilines is 6. The van der Waals surface area contributed by atoms with Crippen LogP contribution in [0, 0.1) is 0 Å². The second kappa shape index (κ2) is 32.8. The van der Waals surface area contributed by atoms with E-state index in [9.17, 15) is 0 Å². The van der Waals surface area contributed by atoms with Gasteiger partial charge in [-0.1, -0.05) is 340 Å². The lowest BCUT2D eigenvalue weighted by molar-refractivity contribution is 0.668. The van der Waals surface area contributed by atoms with E-state index >= 15 is 0 Å². The minimum atomic E-state index is 0.830. The number of hydrogen-bond acceptors (Lipinski definition) is 4. The molecule has 0 bridgehead atoms. The van der Waals surface area contributed by atoms with Crippen LogP contribution in [0.4, 0.5) is 34.1 Å². The zero-order valence-electron chi connectivity index (χ0n) is 75.1. The second-order valence-electron chi connectivity index (χ2n) is 36.1. The van der Waals surface area contributed by atoms with Gasteiger partial charge in [0.2, 0.25) is 0 Å². The van der Waals surface area contributed by atoms with E-state index in [4.69, 9.17) is 8.83 Å². The molecular weight excluding hydrogens is 1670 g/mol. The van der Waals surface area contributed by atoms with Gasteiger partial charge in [-0.3, -0.25) is 0 Å². The first-order chi connectivity index (χ1) is 68.4.